The number of rotatable bonds is 9. The molecule has 0 spiro atoms. The highest BCUT2D eigenvalue weighted by Gasteiger charge is 2.06. The summed E-state index contributed by atoms with van der Waals surface area (Å²) in [5.74, 6) is -0.516. The van der Waals surface area contributed by atoms with Crippen molar-refractivity contribution >= 4 is 17.6 Å². The number of benzene rings is 2. The number of methoxy groups -OCH3 is 1. The van der Waals surface area contributed by atoms with E-state index in [1.165, 1.54) is 19.2 Å². The summed E-state index contributed by atoms with van der Waals surface area (Å²) in [5.41, 5.74) is 2.02. The first-order valence-corrected chi connectivity index (χ1v) is 8.20. The fraction of sp³-hybridized carbons (Fsp3) is 0.263. The van der Waals surface area contributed by atoms with Crippen molar-refractivity contribution in [1.82, 2.24) is 5.32 Å². The Labute approximate surface area is 155 Å². The van der Waals surface area contributed by atoms with Crippen molar-refractivity contribution in [2.24, 2.45) is 0 Å². The summed E-state index contributed by atoms with van der Waals surface area (Å²) in [6.07, 6.45) is 0.564. The molecule has 0 radical (unpaired) electrons. The van der Waals surface area contributed by atoms with E-state index < -0.39 is 12.6 Å². The molecule has 27 heavy (non-hydrogen) atoms. The molecule has 6 nitrogen and oxygen atoms in total. The number of halogens is 2. The first-order chi connectivity index (χ1) is 13.0. The van der Waals surface area contributed by atoms with Gasteiger partial charge in [0.25, 0.3) is 0 Å². The maximum Gasteiger partial charge on any atom is 0.387 e. The normalized spacial score (nSPS) is 10.4. The molecule has 1 amide bonds. The predicted molar refractivity (Wildman–Crippen MR) is 96.1 cm³/mol. The topological polar surface area (TPSA) is 76.7 Å². The minimum Gasteiger partial charge on any atom is -0.465 e. The van der Waals surface area contributed by atoms with Gasteiger partial charge in [0.2, 0.25) is 5.91 Å². The first-order valence-electron chi connectivity index (χ1n) is 8.20. The van der Waals surface area contributed by atoms with E-state index in [0.29, 0.717) is 24.2 Å². The lowest BCUT2D eigenvalue weighted by Gasteiger charge is -2.09. The number of esters is 1. The third kappa shape index (κ3) is 6.93. The van der Waals surface area contributed by atoms with Gasteiger partial charge in [0.15, 0.2) is 0 Å². The van der Waals surface area contributed by atoms with Gasteiger partial charge in [0.1, 0.15) is 5.75 Å². The van der Waals surface area contributed by atoms with Gasteiger partial charge in [-0.1, -0.05) is 12.1 Å². The van der Waals surface area contributed by atoms with Crippen LogP contribution in [0, 0.1) is 0 Å². The minimum absolute atomic E-state index is 0.0821. The highest BCUT2D eigenvalue weighted by molar-refractivity contribution is 5.89. The van der Waals surface area contributed by atoms with Crippen LogP contribution in [0.2, 0.25) is 0 Å². The van der Waals surface area contributed by atoms with Crippen LogP contribution in [0.3, 0.4) is 0 Å². The van der Waals surface area contributed by atoms with Gasteiger partial charge in [0.05, 0.1) is 19.2 Å². The molecule has 0 aliphatic heterocycles. The summed E-state index contributed by atoms with van der Waals surface area (Å²) in [4.78, 5) is 23.2. The molecule has 0 aromatic heterocycles. The van der Waals surface area contributed by atoms with E-state index in [0.717, 1.165) is 5.56 Å². The van der Waals surface area contributed by atoms with Crippen molar-refractivity contribution in [1.29, 1.82) is 0 Å². The lowest BCUT2D eigenvalue weighted by Crippen LogP contribution is -2.31. The molecule has 2 rings (SSSR count). The molecule has 0 heterocycles. The van der Waals surface area contributed by atoms with Crippen molar-refractivity contribution in [3.8, 4) is 5.75 Å². The van der Waals surface area contributed by atoms with E-state index >= 15 is 0 Å². The second-order valence-electron chi connectivity index (χ2n) is 5.54. The van der Waals surface area contributed by atoms with E-state index in [2.05, 4.69) is 20.1 Å². The number of alkyl halides is 2. The Kier molecular flexibility index (Phi) is 7.54. The predicted octanol–water partition coefficient (Wildman–Crippen LogP) is 2.85. The summed E-state index contributed by atoms with van der Waals surface area (Å²) in [7, 11) is 1.31. The van der Waals surface area contributed by atoms with Crippen LogP contribution in [0.25, 0.3) is 0 Å². The Hall–Kier alpha value is -3.16. The van der Waals surface area contributed by atoms with Crippen LogP contribution in [-0.4, -0.2) is 38.7 Å². The average molecular weight is 378 g/mol. The molecular weight excluding hydrogens is 358 g/mol. The third-order valence-corrected chi connectivity index (χ3v) is 3.64. The zero-order valence-electron chi connectivity index (χ0n) is 14.7. The monoisotopic (exact) mass is 378 g/mol. The summed E-state index contributed by atoms with van der Waals surface area (Å²) < 4.78 is 33.1. The maximum absolute atomic E-state index is 12.1. The molecule has 0 saturated carbocycles. The quantitative estimate of drug-likeness (QED) is 0.656. The molecule has 0 fully saturated rings. The second kappa shape index (κ2) is 10.1. The van der Waals surface area contributed by atoms with Crippen LogP contribution in [0.5, 0.6) is 5.75 Å². The number of anilines is 1. The molecule has 0 aliphatic rings. The second-order valence-corrected chi connectivity index (χ2v) is 5.54. The summed E-state index contributed by atoms with van der Waals surface area (Å²) in [6, 6.07) is 12.8. The maximum atomic E-state index is 12.1. The standard InChI is InChI=1S/C19H20F2N2O4/c1-26-18(25)14-4-6-15(7-5-14)23-12-17(24)22-11-10-13-2-8-16(9-3-13)27-19(20)21/h2-9,19,23H,10-12H2,1H3,(H,22,24). The summed E-state index contributed by atoms with van der Waals surface area (Å²) in [6.45, 7) is -2.35. The molecule has 144 valence electrons. The Bertz CT molecular complexity index is 749. The Balaban J connectivity index is 1.69. The highest BCUT2D eigenvalue weighted by atomic mass is 19.3. The average Bonchev–Trinajstić information content (AvgIpc) is 2.67. The van der Waals surface area contributed by atoms with Crippen LogP contribution in [0.4, 0.5) is 14.5 Å². The van der Waals surface area contributed by atoms with E-state index in [4.69, 9.17) is 0 Å². The lowest BCUT2D eigenvalue weighted by atomic mass is 10.1. The van der Waals surface area contributed by atoms with Crippen LogP contribution in [0.15, 0.2) is 48.5 Å². The molecule has 0 unspecified atom stereocenters. The number of nitrogens with one attached hydrogen (secondary N) is 2. The molecule has 0 aliphatic carbocycles. The zero-order chi connectivity index (χ0) is 19.6. The molecule has 2 aromatic carbocycles. The van der Waals surface area contributed by atoms with Gasteiger partial charge in [-0.25, -0.2) is 4.79 Å². The number of hydrogen-bond acceptors (Lipinski definition) is 5. The van der Waals surface area contributed by atoms with Gasteiger partial charge in [-0.3, -0.25) is 4.79 Å². The van der Waals surface area contributed by atoms with Gasteiger partial charge in [-0.2, -0.15) is 8.78 Å². The smallest absolute Gasteiger partial charge is 0.387 e. The van der Waals surface area contributed by atoms with Gasteiger partial charge in [-0.05, 0) is 48.4 Å². The van der Waals surface area contributed by atoms with E-state index in [9.17, 15) is 18.4 Å². The molecule has 2 aromatic rings. The third-order valence-electron chi connectivity index (χ3n) is 3.64. The SMILES string of the molecule is COC(=O)c1ccc(NCC(=O)NCCc2ccc(OC(F)F)cc2)cc1. The van der Waals surface area contributed by atoms with Crippen molar-refractivity contribution < 1.29 is 27.8 Å². The molecule has 0 bridgehead atoms. The van der Waals surface area contributed by atoms with Gasteiger partial charge >= 0.3 is 12.6 Å². The van der Waals surface area contributed by atoms with Crippen LogP contribution in [-0.2, 0) is 16.0 Å². The number of ether oxygens (including phenoxy) is 2. The lowest BCUT2D eigenvalue weighted by molar-refractivity contribution is -0.119. The molecule has 0 saturated heterocycles. The number of carbonyl (C=O) groups is 2. The van der Waals surface area contributed by atoms with Gasteiger partial charge in [0, 0.05) is 12.2 Å². The number of carbonyl (C=O) groups excluding carboxylic acids is 2. The molecule has 8 heteroatoms. The number of amides is 1. The van der Waals surface area contributed by atoms with E-state index in [1.54, 1.807) is 36.4 Å². The van der Waals surface area contributed by atoms with Crippen LogP contribution in [0.1, 0.15) is 15.9 Å². The fourth-order valence-corrected chi connectivity index (χ4v) is 2.27. The highest BCUT2D eigenvalue weighted by Crippen LogP contribution is 2.15. The Morgan fingerprint density at radius 3 is 2.30 bits per heavy atom. The first kappa shape index (κ1) is 20.2. The van der Waals surface area contributed by atoms with Crippen molar-refractivity contribution in [2.75, 3.05) is 25.5 Å². The summed E-state index contributed by atoms with van der Waals surface area (Å²) in [5, 5.41) is 5.71. The van der Waals surface area contributed by atoms with E-state index in [1.807, 2.05) is 0 Å². The zero-order valence-corrected chi connectivity index (χ0v) is 14.7. The molecular formula is C19H20F2N2O4. The number of hydrogen-bond donors (Lipinski definition) is 2. The van der Waals surface area contributed by atoms with Gasteiger partial charge in [-0.15, -0.1) is 0 Å². The van der Waals surface area contributed by atoms with Crippen molar-refractivity contribution in [2.45, 2.75) is 13.0 Å². The molecule has 0 atom stereocenters. The van der Waals surface area contributed by atoms with Crippen LogP contribution >= 0.6 is 0 Å². The van der Waals surface area contributed by atoms with Crippen molar-refractivity contribution in [3.05, 3.63) is 59.7 Å². The van der Waals surface area contributed by atoms with Gasteiger partial charge < -0.3 is 20.1 Å². The molecule has 2 N–H and O–H groups in total. The Morgan fingerprint density at radius 1 is 1.04 bits per heavy atom. The summed E-state index contributed by atoms with van der Waals surface area (Å²) >= 11 is 0. The van der Waals surface area contributed by atoms with Crippen molar-refractivity contribution in [3.63, 3.8) is 0 Å². The van der Waals surface area contributed by atoms with Crippen LogP contribution < -0.4 is 15.4 Å². The minimum atomic E-state index is -2.85. The van der Waals surface area contributed by atoms with E-state index in [-0.39, 0.29) is 18.2 Å². The Morgan fingerprint density at radius 2 is 1.70 bits per heavy atom. The largest absolute Gasteiger partial charge is 0.465 e. The fourth-order valence-electron chi connectivity index (χ4n) is 2.27.